The average molecular weight is 501 g/mol. The Morgan fingerprint density at radius 3 is 2.58 bits per heavy atom. The molecule has 0 radical (unpaired) electrons. The highest BCUT2D eigenvalue weighted by Crippen LogP contribution is 2.42. The standard InChI is InChI=1S/C23H24N4O3S3/c1-33(29,30)18-6-7-19(16-4-5-16)20(13-18)22(28)26-9-11-27(12-10-26)23-25-15-21(32-23)31-17-3-2-8-24-14-17/h2-3,6-8,13-16H,4-5,9-12H2,1H3. The number of anilines is 1. The number of sulfone groups is 1. The molecule has 7 nitrogen and oxygen atoms in total. The molecule has 2 aromatic heterocycles. The van der Waals surface area contributed by atoms with Crippen LogP contribution >= 0.6 is 23.1 Å². The number of thiazole rings is 1. The molecule has 3 aromatic rings. The van der Waals surface area contributed by atoms with Crippen molar-refractivity contribution in [2.24, 2.45) is 0 Å². The number of carbonyl (C=O) groups excluding carboxylic acids is 1. The highest BCUT2D eigenvalue weighted by molar-refractivity contribution is 8.01. The Bertz CT molecular complexity index is 1270. The van der Waals surface area contributed by atoms with Crippen molar-refractivity contribution in [3.05, 3.63) is 60.0 Å². The SMILES string of the molecule is CS(=O)(=O)c1ccc(C2CC2)c(C(=O)N2CCN(c3ncc(Sc4cccnc4)s3)CC2)c1. The fourth-order valence-electron chi connectivity index (χ4n) is 3.94. The van der Waals surface area contributed by atoms with E-state index in [2.05, 4.69) is 14.9 Å². The molecular weight excluding hydrogens is 476 g/mol. The third-order valence-electron chi connectivity index (χ3n) is 5.86. The van der Waals surface area contributed by atoms with E-state index >= 15 is 0 Å². The Labute approximate surface area is 201 Å². The summed E-state index contributed by atoms with van der Waals surface area (Å²) in [6.45, 7) is 2.55. The molecule has 1 aromatic carbocycles. The van der Waals surface area contributed by atoms with Crippen molar-refractivity contribution < 1.29 is 13.2 Å². The van der Waals surface area contributed by atoms with E-state index in [-0.39, 0.29) is 10.8 Å². The zero-order valence-electron chi connectivity index (χ0n) is 18.2. The number of carbonyl (C=O) groups is 1. The lowest BCUT2D eigenvalue weighted by molar-refractivity contribution is 0.0745. The van der Waals surface area contributed by atoms with Crippen LogP contribution in [0, 0.1) is 0 Å². The van der Waals surface area contributed by atoms with Crippen molar-refractivity contribution in [3.8, 4) is 0 Å². The van der Waals surface area contributed by atoms with Crippen LogP contribution in [-0.4, -0.2) is 61.6 Å². The van der Waals surface area contributed by atoms with E-state index in [9.17, 15) is 13.2 Å². The molecule has 2 fully saturated rings. The minimum absolute atomic E-state index is 0.0750. The zero-order chi connectivity index (χ0) is 23.0. The summed E-state index contributed by atoms with van der Waals surface area (Å²) in [7, 11) is -3.37. The second-order valence-corrected chi connectivity index (χ2v) is 12.7. The number of pyridine rings is 1. The van der Waals surface area contributed by atoms with Gasteiger partial charge in [0.1, 0.15) is 0 Å². The molecule has 5 rings (SSSR count). The van der Waals surface area contributed by atoms with E-state index in [0.717, 1.165) is 32.6 Å². The largest absolute Gasteiger partial charge is 0.345 e. The first-order valence-electron chi connectivity index (χ1n) is 10.8. The van der Waals surface area contributed by atoms with Crippen molar-refractivity contribution in [2.75, 3.05) is 37.3 Å². The Balaban J connectivity index is 1.27. The summed E-state index contributed by atoms with van der Waals surface area (Å²) in [5, 5.41) is 0.950. The molecule has 33 heavy (non-hydrogen) atoms. The monoisotopic (exact) mass is 500 g/mol. The van der Waals surface area contributed by atoms with Crippen LogP contribution in [0.5, 0.6) is 0 Å². The normalized spacial score (nSPS) is 16.8. The number of benzene rings is 1. The molecule has 0 unspecified atom stereocenters. The minimum Gasteiger partial charge on any atom is -0.345 e. The summed E-state index contributed by atoms with van der Waals surface area (Å²) in [5.74, 6) is 0.291. The number of piperazine rings is 1. The summed E-state index contributed by atoms with van der Waals surface area (Å²) in [6, 6.07) is 8.97. The maximum absolute atomic E-state index is 13.4. The van der Waals surface area contributed by atoms with E-state index in [1.165, 1.54) is 6.26 Å². The number of aromatic nitrogens is 2. The highest BCUT2D eigenvalue weighted by atomic mass is 32.2. The molecule has 1 saturated heterocycles. The summed E-state index contributed by atoms with van der Waals surface area (Å²) in [5.41, 5.74) is 1.52. The molecule has 1 aliphatic carbocycles. The maximum atomic E-state index is 13.4. The molecular formula is C23H24N4O3S3. The number of rotatable bonds is 6. The summed E-state index contributed by atoms with van der Waals surface area (Å²) >= 11 is 3.28. The highest BCUT2D eigenvalue weighted by Gasteiger charge is 2.32. The Hall–Kier alpha value is -2.43. The van der Waals surface area contributed by atoms with Gasteiger partial charge in [-0.25, -0.2) is 13.4 Å². The second-order valence-electron chi connectivity index (χ2n) is 8.33. The Kier molecular flexibility index (Phi) is 6.15. The van der Waals surface area contributed by atoms with Gasteiger partial charge in [0.2, 0.25) is 0 Å². The topological polar surface area (TPSA) is 83.5 Å². The van der Waals surface area contributed by atoms with E-state index < -0.39 is 9.84 Å². The lowest BCUT2D eigenvalue weighted by Gasteiger charge is -2.35. The molecule has 1 aliphatic heterocycles. The van der Waals surface area contributed by atoms with Gasteiger partial charge >= 0.3 is 0 Å². The smallest absolute Gasteiger partial charge is 0.254 e. The minimum atomic E-state index is -3.37. The molecule has 2 aliphatic rings. The predicted octanol–water partition coefficient (Wildman–Crippen LogP) is 3.93. The molecule has 1 amide bonds. The van der Waals surface area contributed by atoms with Crippen LogP contribution in [0.4, 0.5) is 5.13 Å². The van der Waals surface area contributed by atoms with Gasteiger partial charge in [-0.2, -0.15) is 0 Å². The van der Waals surface area contributed by atoms with Crippen molar-refractivity contribution in [1.29, 1.82) is 0 Å². The molecule has 0 bridgehead atoms. The molecule has 3 heterocycles. The first-order chi connectivity index (χ1) is 15.9. The fraction of sp³-hybridized carbons (Fsp3) is 0.348. The fourth-order valence-corrected chi connectivity index (χ4v) is 6.57. The van der Waals surface area contributed by atoms with Gasteiger partial charge in [-0.05, 0) is 48.6 Å². The third-order valence-corrected chi connectivity index (χ3v) is 9.11. The van der Waals surface area contributed by atoms with Gasteiger partial charge in [0.25, 0.3) is 5.91 Å². The quantitative estimate of drug-likeness (QED) is 0.507. The van der Waals surface area contributed by atoms with E-state index in [1.807, 2.05) is 35.5 Å². The number of nitrogens with zero attached hydrogens (tertiary/aromatic N) is 4. The van der Waals surface area contributed by atoms with E-state index in [1.54, 1.807) is 41.4 Å². The molecule has 0 atom stereocenters. The van der Waals surface area contributed by atoms with Crippen LogP contribution in [0.2, 0.25) is 0 Å². The third kappa shape index (κ3) is 5.07. The predicted molar refractivity (Wildman–Crippen MR) is 130 cm³/mol. The number of amides is 1. The van der Waals surface area contributed by atoms with Gasteiger partial charge in [-0.3, -0.25) is 9.78 Å². The van der Waals surface area contributed by atoms with Crippen molar-refractivity contribution in [3.63, 3.8) is 0 Å². The molecule has 172 valence electrons. The molecule has 0 N–H and O–H groups in total. The van der Waals surface area contributed by atoms with E-state index in [4.69, 9.17) is 0 Å². The zero-order valence-corrected chi connectivity index (χ0v) is 20.6. The van der Waals surface area contributed by atoms with Crippen LogP contribution in [0.25, 0.3) is 0 Å². The van der Waals surface area contributed by atoms with Gasteiger partial charge in [-0.1, -0.05) is 29.2 Å². The van der Waals surface area contributed by atoms with Crippen LogP contribution in [0.3, 0.4) is 0 Å². The summed E-state index contributed by atoms with van der Waals surface area (Å²) in [6.07, 6.45) is 8.76. The van der Waals surface area contributed by atoms with Gasteiger partial charge in [0, 0.05) is 55.3 Å². The first kappa shape index (κ1) is 22.4. The van der Waals surface area contributed by atoms with Gasteiger partial charge in [0.15, 0.2) is 15.0 Å². The van der Waals surface area contributed by atoms with Crippen molar-refractivity contribution in [2.45, 2.75) is 32.8 Å². The second kappa shape index (κ2) is 9.08. The lowest BCUT2D eigenvalue weighted by Crippen LogP contribution is -2.49. The van der Waals surface area contributed by atoms with Crippen molar-refractivity contribution in [1.82, 2.24) is 14.9 Å². The maximum Gasteiger partial charge on any atom is 0.254 e. The van der Waals surface area contributed by atoms with E-state index in [0.29, 0.717) is 37.7 Å². The first-order valence-corrected chi connectivity index (χ1v) is 14.3. The van der Waals surface area contributed by atoms with Crippen LogP contribution in [0.15, 0.2) is 62.9 Å². The van der Waals surface area contributed by atoms with Gasteiger partial charge in [0.05, 0.1) is 15.3 Å². The van der Waals surface area contributed by atoms with Crippen LogP contribution in [0.1, 0.15) is 34.7 Å². The van der Waals surface area contributed by atoms with Gasteiger partial charge < -0.3 is 9.80 Å². The number of hydrogen-bond acceptors (Lipinski definition) is 8. The van der Waals surface area contributed by atoms with Crippen molar-refractivity contribution >= 4 is 44.0 Å². The van der Waals surface area contributed by atoms with Gasteiger partial charge in [-0.15, -0.1) is 0 Å². The lowest BCUT2D eigenvalue weighted by atomic mass is 10.0. The molecule has 1 saturated carbocycles. The number of hydrogen-bond donors (Lipinski definition) is 0. The molecule has 10 heteroatoms. The Morgan fingerprint density at radius 2 is 1.91 bits per heavy atom. The summed E-state index contributed by atoms with van der Waals surface area (Å²) in [4.78, 5) is 27.4. The summed E-state index contributed by atoms with van der Waals surface area (Å²) < 4.78 is 25.2. The molecule has 0 spiro atoms. The Morgan fingerprint density at radius 1 is 1.12 bits per heavy atom. The van der Waals surface area contributed by atoms with Crippen LogP contribution < -0.4 is 4.90 Å². The van der Waals surface area contributed by atoms with Crippen LogP contribution in [-0.2, 0) is 9.84 Å². The average Bonchev–Trinajstić information content (AvgIpc) is 3.57.